The number of hydrogen-bond donors (Lipinski definition) is 0. The minimum absolute atomic E-state index is 0.0758. The Morgan fingerprint density at radius 1 is 1.38 bits per heavy atom. The first-order valence-corrected chi connectivity index (χ1v) is 8.05. The lowest BCUT2D eigenvalue weighted by Gasteiger charge is -2.09. The molecule has 1 unspecified atom stereocenters. The fourth-order valence-corrected chi connectivity index (χ4v) is 3.18. The van der Waals surface area contributed by atoms with Crippen molar-refractivity contribution in [3.05, 3.63) is 44.9 Å². The summed E-state index contributed by atoms with van der Waals surface area (Å²) in [6.45, 7) is 4.33. The fourth-order valence-electron chi connectivity index (χ4n) is 2.25. The molecular formula is C14H12Cl2FN3S. The van der Waals surface area contributed by atoms with Crippen molar-refractivity contribution in [1.29, 1.82) is 0 Å². The number of aryl methyl sites for hydroxylation is 1. The van der Waals surface area contributed by atoms with Gasteiger partial charge in [-0.05, 0) is 19.9 Å². The van der Waals surface area contributed by atoms with E-state index in [-0.39, 0.29) is 10.4 Å². The van der Waals surface area contributed by atoms with Gasteiger partial charge in [-0.15, -0.1) is 22.9 Å². The molecule has 21 heavy (non-hydrogen) atoms. The lowest BCUT2D eigenvalue weighted by Crippen LogP contribution is -2.06. The maximum atomic E-state index is 13.6. The number of hydrogen-bond acceptors (Lipinski definition) is 3. The van der Waals surface area contributed by atoms with Crippen LogP contribution in [-0.4, -0.2) is 14.5 Å². The van der Waals surface area contributed by atoms with E-state index in [1.807, 2.05) is 23.8 Å². The van der Waals surface area contributed by atoms with Gasteiger partial charge in [-0.2, -0.15) is 0 Å². The average molecular weight is 344 g/mol. The number of nitrogens with zero attached hydrogens (tertiary/aromatic N) is 3. The van der Waals surface area contributed by atoms with Crippen molar-refractivity contribution < 1.29 is 4.39 Å². The van der Waals surface area contributed by atoms with Gasteiger partial charge < -0.3 is 4.57 Å². The third-order valence-electron chi connectivity index (χ3n) is 3.16. The van der Waals surface area contributed by atoms with E-state index >= 15 is 0 Å². The molecule has 3 nitrogen and oxygen atoms in total. The third kappa shape index (κ3) is 2.78. The summed E-state index contributed by atoms with van der Waals surface area (Å²) in [6.07, 6.45) is 0. The Balaban J connectivity index is 2.17. The van der Waals surface area contributed by atoms with Crippen molar-refractivity contribution >= 4 is 45.6 Å². The van der Waals surface area contributed by atoms with E-state index in [2.05, 4.69) is 9.97 Å². The molecule has 110 valence electrons. The van der Waals surface area contributed by atoms with E-state index in [1.54, 1.807) is 17.4 Å². The van der Waals surface area contributed by atoms with E-state index in [1.165, 1.54) is 6.07 Å². The Morgan fingerprint density at radius 2 is 2.14 bits per heavy atom. The zero-order valence-corrected chi connectivity index (χ0v) is 13.7. The molecule has 2 aromatic heterocycles. The largest absolute Gasteiger partial charge is 0.321 e. The van der Waals surface area contributed by atoms with E-state index in [0.29, 0.717) is 17.9 Å². The van der Waals surface area contributed by atoms with Crippen LogP contribution in [0, 0.1) is 12.7 Å². The summed E-state index contributed by atoms with van der Waals surface area (Å²) in [6, 6.07) is 2.92. The minimum Gasteiger partial charge on any atom is -0.321 e. The highest BCUT2D eigenvalue weighted by Gasteiger charge is 2.17. The molecule has 0 radical (unpaired) electrons. The Hall–Kier alpha value is -1.17. The predicted molar refractivity (Wildman–Crippen MR) is 84.9 cm³/mol. The van der Waals surface area contributed by atoms with Crippen LogP contribution in [-0.2, 0) is 6.54 Å². The van der Waals surface area contributed by atoms with E-state index < -0.39 is 5.82 Å². The summed E-state index contributed by atoms with van der Waals surface area (Å²) < 4.78 is 15.5. The van der Waals surface area contributed by atoms with Crippen LogP contribution < -0.4 is 0 Å². The molecule has 7 heteroatoms. The van der Waals surface area contributed by atoms with E-state index in [0.717, 1.165) is 16.2 Å². The maximum Gasteiger partial charge on any atom is 0.144 e. The lowest BCUT2D eigenvalue weighted by atomic mass is 10.3. The molecule has 0 saturated heterocycles. The molecule has 3 aromatic rings. The second kappa shape index (κ2) is 5.55. The van der Waals surface area contributed by atoms with Gasteiger partial charge in [0.05, 0.1) is 38.7 Å². The maximum absolute atomic E-state index is 13.6. The predicted octanol–water partition coefficient (Wildman–Crippen LogP) is 4.94. The quantitative estimate of drug-likeness (QED) is 0.630. The van der Waals surface area contributed by atoms with Gasteiger partial charge in [0, 0.05) is 11.4 Å². The normalized spacial score (nSPS) is 13.0. The first kappa shape index (κ1) is 14.8. The highest BCUT2D eigenvalue weighted by atomic mass is 35.5. The van der Waals surface area contributed by atoms with Crippen LogP contribution in [0.1, 0.15) is 28.8 Å². The molecule has 0 amide bonds. The van der Waals surface area contributed by atoms with Gasteiger partial charge in [0.2, 0.25) is 0 Å². The van der Waals surface area contributed by atoms with Crippen LogP contribution >= 0.6 is 34.5 Å². The van der Waals surface area contributed by atoms with Crippen LogP contribution in [0.4, 0.5) is 4.39 Å². The molecule has 3 rings (SSSR count). The van der Waals surface area contributed by atoms with Gasteiger partial charge in [0.1, 0.15) is 11.6 Å². The summed E-state index contributed by atoms with van der Waals surface area (Å²) in [4.78, 5) is 8.88. The van der Waals surface area contributed by atoms with Gasteiger partial charge in [-0.3, -0.25) is 0 Å². The number of rotatable bonds is 3. The van der Waals surface area contributed by atoms with Crippen LogP contribution in [0.25, 0.3) is 11.0 Å². The molecule has 0 aliphatic heterocycles. The molecular weight excluding hydrogens is 332 g/mol. The van der Waals surface area contributed by atoms with Crippen LogP contribution in [0.5, 0.6) is 0 Å². The smallest absolute Gasteiger partial charge is 0.144 e. The Labute approximate surface area is 135 Å². The van der Waals surface area contributed by atoms with Crippen molar-refractivity contribution in [3.8, 4) is 0 Å². The number of aromatic nitrogens is 3. The SMILES string of the molecule is Cc1nc(Cn2c(C(C)Cl)nc3cc(F)c(Cl)cc32)cs1. The van der Waals surface area contributed by atoms with Crippen LogP contribution in [0.2, 0.25) is 5.02 Å². The van der Waals surface area contributed by atoms with Crippen molar-refractivity contribution in [2.45, 2.75) is 25.8 Å². The highest BCUT2D eigenvalue weighted by molar-refractivity contribution is 7.09. The molecule has 0 fully saturated rings. The monoisotopic (exact) mass is 343 g/mol. The second-order valence-corrected chi connectivity index (χ2v) is 6.91. The Morgan fingerprint density at radius 3 is 2.76 bits per heavy atom. The first-order chi connectivity index (χ1) is 9.95. The summed E-state index contributed by atoms with van der Waals surface area (Å²) in [5.41, 5.74) is 2.23. The highest BCUT2D eigenvalue weighted by Crippen LogP contribution is 2.29. The molecule has 1 aromatic carbocycles. The summed E-state index contributed by atoms with van der Waals surface area (Å²) in [7, 11) is 0. The molecule has 0 aliphatic carbocycles. The van der Waals surface area contributed by atoms with Gasteiger partial charge in [-0.1, -0.05) is 11.6 Å². The lowest BCUT2D eigenvalue weighted by molar-refractivity contribution is 0.629. The van der Waals surface area contributed by atoms with Crippen LogP contribution in [0.15, 0.2) is 17.5 Å². The molecule has 1 atom stereocenters. The van der Waals surface area contributed by atoms with Gasteiger partial charge >= 0.3 is 0 Å². The molecule has 0 N–H and O–H groups in total. The van der Waals surface area contributed by atoms with Crippen molar-refractivity contribution in [1.82, 2.24) is 14.5 Å². The van der Waals surface area contributed by atoms with Gasteiger partial charge in [0.25, 0.3) is 0 Å². The zero-order valence-electron chi connectivity index (χ0n) is 11.4. The number of alkyl halides is 1. The number of fused-ring (bicyclic) bond motifs is 1. The number of thiazole rings is 1. The molecule has 2 heterocycles. The van der Waals surface area contributed by atoms with Crippen LogP contribution in [0.3, 0.4) is 0 Å². The molecule has 0 aliphatic rings. The summed E-state index contributed by atoms with van der Waals surface area (Å²) >= 11 is 13.7. The molecule has 0 saturated carbocycles. The third-order valence-corrected chi connectivity index (χ3v) is 4.47. The van der Waals surface area contributed by atoms with Gasteiger partial charge in [0.15, 0.2) is 0 Å². The van der Waals surface area contributed by atoms with E-state index in [9.17, 15) is 4.39 Å². The minimum atomic E-state index is -0.480. The summed E-state index contributed by atoms with van der Waals surface area (Å²) in [5.74, 6) is 0.200. The van der Waals surface area contributed by atoms with E-state index in [4.69, 9.17) is 23.2 Å². The van der Waals surface area contributed by atoms with Crippen molar-refractivity contribution in [3.63, 3.8) is 0 Å². The number of halogens is 3. The number of benzene rings is 1. The average Bonchev–Trinajstić information content (AvgIpc) is 2.96. The van der Waals surface area contributed by atoms with Crippen molar-refractivity contribution in [2.75, 3.05) is 0 Å². The topological polar surface area (TPSA) is 30.7 Å². The second-order valence-electron chi connectivity index (χ2n) is 4.79. The first-order valence-electron chi connectivity index (χ1n) is 6.36. The molecule has 0 spiro atoms. The molecule has 0 bridgehead atoms. The Kier molecular flexibility index (Phi) is 3.90. The Bertz CT molecular complexity index is 810. The standard InChI is InChI=1S/C14H12Cl2FN3S/c1-7(15)14-19-12-4-11(17)10(16)3-13(12)20(14)5-9-6-21-8(2)18-9/h3-4,6-7H,5H2,1-2H3. The fraction of sp³-hybridized carbons (Fsp3) is 0.286. The number of imidazole rings is 1. The zero-order chi connectivity index (χ0) is 15.1. The summed E-state index contributed by atoms with van der Waals surface area (Å²) in [5, 5.41) is 2.78. The van der Waals surface area contributed by atoms with Gasteiger partial charge in [-0.25, -0.2) is 14.4 Å². The van der Waals surface area contributed by atoms with Crippen molar-refractivity contribution in [2.24, 2.45) is 0 Å².